The molecule has 0 amide bonds. The van der Waals surface area contributed by atoms with Crippen molar-refractivity contribution in [3.63, 3.8) is 0 Å². The van der Waals surface area contributed by atoms with Gasteiger partial charge in [0.25, 0.3) is 5.69 Å². The number of non-ortho nitro benzene ring substituents is 1. The van der Waals surface area contributed by atoms with Crippen LogP contribution in [0.2, 0.25) is 0 Å². The van der Waals surface area contributed by atoms with Gasteiger partial charge in [-0.15, -0.1) is 0 Å². The zero-order valence-corrected chi connectivity index (χ0v) is 12.7. The zero-order valence-electron chi connectivity index (χ0n) is 11.8. The summed E-state index contributed by atoms with van der Waals surface area (Å²) in [4.78, 5) is 10.7. The first-order valence-corrected chi connectivity index (χ1v) is 7.77. The first kappa shape index (κ1) is 15.6. The summed E-state index contributed by atoms with van der Waals surface area (Å²) in [5.74, 6) is 1.64. The first-order valence-electron chi connectivity index (χ1n) is 7.14. The molecule has 0 saturated heterocycles. The molecule has 0 aliphatic heterocycles. The predicted molar refractivity (Wildman–Crippen MR) is 88.4 cm³/mol. The van der Waals surface area contributed by atoms with Crippen molar-refractivity contribution in [3.8, 4) is 5.75 Å². The zero-order chi connectivity index (χ0) is 15.1. The maximum atomic E-state index is 11.0. The standard InChI is InChI=1S/C16H19NO3S/c18-17(19)15-9-10-16(14-8-4-3-7-13(14)15)20-11-5-1-2-6-12-21/h3-4,7-10,21H,1-2,5-6,11-12H2. The molecular formula is C16H19NO3S. The molecule has 0 aliphatic rings. The second-order valence-corrected chi connectivity index (χ2v) is 5.32. The smallest absolute Gasteiger partial charge is 0.277 e. The monoisotopic (exact) mass is 305 g/mol. The van der Waals surface area contributed by atoms with Gasteiger partial charge in [0.1, 0.15) is 5.75 Å². The average Bonchev–Trinajstić information content (AvgIpc) is 2.50. The van der Waals surface area contributed by atoms with Crippen molar-refractivity contribution in [3.05, 3.63) is 46.5 Å². The van der Waals surface area contributed by atoms with E-state index in [1.165, 1.54) is 6.07 Å². The fraction of sp³-hybridized carbons (Fsp3) is 0.375. The quantitative estimate of drug-likeness (QED) is 0.335. The van der Waals surface area contributed by atoms with Gasteiger partial charge in [-0.1, -0.05) is 31.0 Å². The summed E-state index contributed by atoms with van der Waals surface area (Å²) in [5.41, 5.74) is 0.117. The topological polar surface area (TPSA) is 52.4 Å². The molecule has 2 rings (SSSR count). The maximum Gasteiger partial charge on any atom is 0.277 e. The number of unbranched alkanes of at least 4 members (excludes halogenated alkanes) is 3. The molecule has 0 bridgehead atoms. The molecule has 5 heteroatoms. The van der Waals surface area contributed by atoms with Crippen LogP contribution >= 0.6 is 12.6 Å². The van der Waals surface area contributed by atoms with E-state index in [-0.39, 0.29) is 10.6 Å². The maximum absolute atomic E-state index is 11.0. The number of thiol groups is 1. The second-order valence-electron chi connectivity index (χ2n) is 4.87. The lowest BCUT2D eigenvalue weighted by Crippen LogP contribution is -1.99. The first-order chi connectivity index (χ1) is 10.2. The molecule has 0 spiro atoms. The molecule has 2 aromatic rings. The van der Waals surface area contributed by atoms with Crippen LogP contribution < -0.4 is 4.74 Å². The summed E-state index contributed by atoms with van der Waals surface area (Å²) in [6.07, 6.45) is 4.39. The van der Waals surface area contributed by atoms with E-state index in [0.29, 0.717) is 17.7 Å². The number of nitro benzene ring substituents is 1. The van der Waals surface area contributed by atoms with Gasteiger partial charge in [-0.2, -0.15) is 12.6 Å². The van der Waals surface area contributed by atoms with E-state index in [0.717, 1.165) is 36.8 Å². The number of rotatable bonds is 8. The molecule has 0 radical (unpaired) electrons. The molecule has 2 aromatic carbocycles. The number of benzene rings is 2. The Bertz CT molecular complexity index is 615. The minimum Gasteiger partial charge on any atom is -0.493 e. The van der Waals surface area contributed by atoms with E-state index in [2.05, 4.69) is 12.6 Å². The van der Waals surface area contributed by atoms with Gasteiger partial charge in [0.15, 0.2) is 0 Å². The lowest BCUT2D eigenvalue weighted by atomic mass is 10.1. The Morgan fingerprint density at radius 2 is 1.71 bits per heavy atom. The van der Waals surface area contributed by atoms with E-state index in [1.54, 1.807) is 18.2 Å². The van der Waals surface area contributed by atoms with Crippen LogP contribution in [-0.4, -0.2) is 17.3 Å². The van der Waals surface area contributed by atoms with Crippen LogP contribution in [0.1, 0.15) is 25.7 Å². The van der Waals surface area contributed by atoms with Gasteiger partial charge < -0.3 is 4.74 Å². The highest BCUT2D eigenvalue weighted by Crippen LogP contribution is 2.32. The van der Waals surface area contributed by atoms with Gasteiger partial charge >= 0.3 is 0 Å². The molecule has 0 fully saturated rings. The normalized spacial score (nSPS) is 10.7. The highest BCUT2D eigenvalue weighted by molar-refractivity contribution is 7.80. The number of fused-ring (bicyclic) bond motifs is 1. The summed E-state index contributed by atoms with van der Waals surface area (Å²) >= 11 is 4.18. The fourth-order valence-electron chi connectivity index (χ4n) is 2.29. The van der Waals surface area contributed by atoms with Crippen molar-refractivity contribution in [1.82, 2.24) is 0 Å². The Labute approximate surface area is 129 Å². The summed E-state index contributed by atoms with van der Waals surface area (Å²) in [6, 6.07) is 10.5. The van der Waals surface area contributed by atoms with Gasteiger partial charge in [-0.05, 0) is 30.7 Å². The van der Waals surface area contributed by atoms with Gasteiger partial charge in [0, 0.05) is 11.5 Å². The van der Waals surface area contributed by atoms with Crippen molar-refractivity contribution >= 4 is 29.1 Å². The van der Waals surface area contributed by atoms with Crippen LogP contribution in [0, 0.1) is 10.1 Å². The van der Waals surface area contributed by atoms with Crippen LogP contribution in [0.15, 0.2) is 36.4 Å². The van der Waals surface area contributed by atoms with Crippen molar-refractivity contribution in [1.29, 1.82) is 0 Å². The molecule has 0 atom stereocenters. The van der Waals surface area contributed by atoms with E-state index in [1.807, 2.05) is 12.1 Å². The lowest BCUT2D eigenvalue weighted by Gasteiger charge is -2.09. The largest absolute Gasteiger partial charge is 0.493 e. The van der Waals surface area contributed by atoms with Gasteiger partial charge in [0.05, 0.1) is 16.9 Å². The summed E-state index contributed by atoms with van der Waals surface area (Å²) in [7, 11) is 0. The summed E-state index contributed by atoms with van der Waals surface area (Å²) < 4.78 is 5.79. The van der Waals surface area contributed by atoms with Gasteiger partial charge in [0.2, 0.25) is 0 Å². The number of nitro groups is 1. The lowest BCUT2D eigenvalue weighted by molar-refractivity contribution is -0.383. The Kier molecular flexibility index (Phi) is 5.87. The highest BCUT2D eigenvalue weighted by Gasteiger charge is 2.14. The van der Waals surface area contributed by atoms with Crippen molar-refractivity contribution in [2.45, 2.75) is 25.7 Å². The fourth-order valence-corrected chi connectivity index (χ4v) is 2.51. The summed E-state index contributed by atoms with van der Waals surface area (Å²) in [5, 5.41) is 12.5. The predicted octanol–water partition coefficient (Wildman–Crippen LogP) is 4.62. The highest BCUT2D eigenvalue weighted by atomic mass is 32.1. The van der Waals surface area contributed by atoms with Crippen LogP contribution in [0.3, 0.4) is 0 Å². The van der Waals surface area contributed by atoms with Crippen molar-refractivity contribution < 1.29 is 9.66 Å². The third kappa shape index (κ3) is 4.11. The molecule has 21 heavy (non-hydrogen) atoms. The van der Waals surface area contributed by atoms with Crippen LogP contribution in [0.4, 0.5) is 5.69 Å². The molecule has 0 saturated carbocycles. The van der Waals surface area contributed by atoms with E-state index >= 15 is 0 Å². The van der Waals surface area contributed by atoms with Crippen LogP contribution in [0.5, 0.6) is 5.75 Å². The molecule has 0 N–H and O–H groups in total. The minimum absolute atomic E-state index is 0.117. The van der Waals surface area contributed by atoms with Crippen molar-refractivity contribution in [2.24, 2.45) is 0 Å². The number of hydrogen-bond acceptors (Lipinski definition) is 4. The Hall–Kier alpha value is -1.75. The van der Waals surface area contributed by atoms with Gasteiger partial charge in [-0.25, -0.2) is 0 Å². The van der Waals surface area contributed by atoms with Crippen LogP contribution in [0.25, 0.3) is 10.8 Å². The second kappa shape index (κ2) is 7.88. The van der Waals surface area contributed by atoms with Crippen molar-refractivity contribution in [2.75, 3.05) is 12.4 Å². The van der Waals surface area contributed by atoms with E-state index in [9.17, 15) is 10.1 Å². The number of ether oxygens (including phenoxy) is 1. The summed E-state index contributed by atoms with van der Waals surface area (Å²) in [6.45, 7) is 0.633. The Morgan fingerprint density at radius 1 is 1.00 bits per heavy atom. The molecule has 4 nitrogen and oxygen atoms in total. The molecule has 0 heterocycles. The molecule has 0 unspecified atom stereocenters. The Morgan fingerprint density at radius 3 is 2.43 bits per heavy atom. The van der Waals surface area contributed by atoms with E-state index < -0.39 is 0 Å². The molecule has 0 aliphatic carbocycles. The number of hydrogen-bond donors (Lipinski definition) is 1. The van der Waals surface area contributed by atoms with Crippen LogP contribution in [-0.2, 0) is 0 Å². The van der Waals surface area contributed by atoms with Gasteiger partial charge in [-0.3, -0.25) is 10.1 Å². The third-order valence-corrected chi connectivity index (χ3v) is 3.68. The number of nitrogens with zero attached hydrogens (tertiary/aromatic N) is 1. The average molecular weight is 305 g/mol. The molecule has 0 aromatic heterocycles. The minimum atomic E-state index is -0.358. The van der Waals surface area contributed by atoms with E-state index in [4.69, 9.17) is 4.74 Å². The Balaban J connectivity index is 2.07. The third-order valence-electron chi connectivity index (χ3n) is 3.37. The SMILES string of the molecule is O=[N+]([O-])c1ccc(OCCCCCCS)c2ccccc12. The molecule has 112 valence electrons. The molecular weight excluding hydrogens is 286 g/mol.